The molecule has 0 aromatic carbocycles. The Morgan fingerprint density at radius 3 is 2.58 bits per heavy atom. The highest BCUT2D eigenvalue weighted by Gasteiger charge is 2.32. The minimum absolute atomic E-state index is 0.0793. The Morgan fingerprint density at radius 1 is 1.53 bits per heavy atom. The van der Waals surface area contributed by atoms with E-state index in [1.165, 1.54) is 0 Å². The quantitative estimate of drug-likeness (QED) is 0.684. The van der Waals surface area contributed by atoms with E-state index < -0.39 is 21.3 Å². The molecule has 0 bridgehead atoms. The lowest BCUT2D eigenvalue weighted by Gasteiger charge is -2.27. The first-order valence-corrected chi connectivity index (χ1v) is 8.35. The van der Waals surface area contributed by atoms with Gasteiger partial charge in [-0.3, -0.25) is 4.79 Å². The highest BCUT2D eigenvalue weighted by molar-refractivity contribution is 7.91. The molecule has 0 aliphatic carbocycles. The van der Waals surface area contributed by atoms with E-state index in [0.29, 0.717) is 19.4 Å². The third-order valence-electron chi connectivity index (χ3n) is 4.04. The highest BCUT2D eigenvalue weighted by Crippen LogP contribution is 2.18. The van der Waals surface area contributed by atoms with Crippen LogP contribution >= 0.6 is 0 Å². The van der Waals surface area contributed by atoms with Gasteiger partial charge in [-0.1, -0.05) is 0 Å². The van der Waals surface area contributed by atoms with E-state index in [0.717, 1.165) is 6.42 Å². The van der Waals surface area contributed by atoms with Crippen molar-refractivity contribution in [2.45, 2.75) is 37.8 Å². The molecule has 0 saturated carbocycles. The standard InChI is InChI=1S/C12H24N2O4S/c1-12(13-2,11(15)16)6-4-7-14(3)10-5-8-19(17,18)9-10/h10,13H,4-9H2,1-3H3,(H,15,16). The van der Waals surface area contributed by atoms with Gasteiger partial charge < -0.3 is 15.3 Å². The number of carboxylic acids is 1. The van der Waals surface area contributed by atoms with Crippen molar-refractivity contribution in [2.24, 2.45) is 0 Å². The van der Waals surface area contributed by atoms with E-state index in [1.54, 1.807) is 14.0 Å². The molecule has 1 aliphatic heterocycles. The second kappa shape index (κ2) is 6.19. The lowest BCUT2D eigenvalue weighted by Crippen LogP contribution is -2.48. The molecule has 1 aliphatic rings. The van der Waals surface area contributed by atoms with E-state index >= 15 is 0 Å². The summed E-state index contributed by atoms with van der Waals surface area (Å²) in [6, 6.07) is 0.0793. The zero-order chi connectivity index (χ0) is 14.7. The van der Waals surface area contributed by atoms with Crippen LogP contribution in [0.25, 0.3) is 0 Å². The van der Waals surface area contributed by atoms with Gasteiger partial charge in [0.05, 0.1) is 11.5 Å². The Balaban J connectivity index is 2.39. The zero-order valence-electron chi connectivity index (χ0n) is 11.8. The van der Waals surface area contributed by atoms with Crippen LogP contribution in [-0.2, 0) is 14.6 Å². The fourth-order valence-corrected chi connectivity index (χ4v) is 4.13. The summed E-state index contributed by atoms with van der Waals surface area (Å²) in [5, 5.41) is 11.9. The summed E-state index contributed by atoms with van der Waals surface area (Å²) < 4.78 is 22.8. The van der Waals surface area contributed by atoms with Gasteiger partial charge in [0.25, 0.3) is 0 Å². The Hall–Kier alpha value is -0.660. The largest absolute Gasteiger partial charge is 0.480 e. The first kappa shape index (κ1) is 16.4. The van der Waals surface area contributed by atoms with E-state index in [-0.39, 0.29) is 17.5 Å². The second-order valence-corrected chi connectivity index (χ2v) is 7.76. The van der Waals surface area contributed by atoms with Crippen molar-refractivity contribution in [1.29, 1.82) is 0 Å². The molecule has 1 heterocycles. The number of carbonyl (C=O) groups is 1. The third kappa shape index (κ3) is 4.43. The number of nitrogens with one attached hydrogen (secondary N) is 1. The normalized spacial score (nSPS) is 25.4. The van der Waals surface area contributed by atoms with Crippen LogP contribution in [0.1, 0.15) is 26.2 Å². The molecule has 1 saturated heterocycles. The van der Waals surface area contributed by atoms with Gasteiger partial charge in [0.1, 0.15) is 5.54 Å². The van der Waals surface area contributed by atoms with Crippen molar-refractivity contribution in [3.8, 4) is 0 Å². The number of hydrogen-bond donors (Lipinski definition) is 2. The molecular formula is C12H24N2O4S. The number of rotatable bonds is 7. The third-order valence-corrected chi connectivity index (χ3v) is 5.79. The van der Waals surface area contributed by atoms with Crippen LogP contribution in [0.5, 0.6) is 0 Å². The van der Waals surface area contributed by atoms with Crippen molar-refractivity contribution in [1.82, 2.24) is 10.2 Å². The Bertz CT molecular complexity index is 423. The second-order valence-electron chi connectivity index (χ2n) is 5.53. The molecular weight excluding hydrogens is 268 g/mol. The number of aliphatic carboxylic acids is 1. The molecule has 0 radical (unpaired) electrons. The van der Waals surface area contributed by atoms with Crippen LogP contribution in [0, 0.1) is 0 Å². The Labute approximate surface area is 115 Å². The first-order chi connectivity index (χ1) is 8.70. The molecule has 0 spiro atoms. The topological polar surface area (TPSA) is 86.7 Å². The van der Waals surface area contributed by atoms with Crippen LogP contribution < -0.4 is 5.32 Å². The Kier molecular flexibility index (Phi) is 5.34. The number of hydrogen-bond acceptors (Lipinski definition) is 5. The van der Waals surface area contributed by atoms with Crippen molar-refractivity contribution >= 4 is 15.8 Å². The first-order valence-electron chi connectivity index (χ1n) is 6.53. The summed E-state index contributed by atoms with van der Waals surface area (Å²) in [5.41, 5.74) is -0.914. The molecule has 112 valence electrons. The molecule has 2 atom stereocenters. The van der Waals surface area contributed by atoms with E-state index in [4.69, 9.17) is 5.11 Å². The molecule has 1 rings (SSSR count). The van der Waals surface area contributed by atoms with E-state index in [1.807, 2.05) is 11.9 Å². The van der Waals surface area contributed by atoms with Crippen molar-refractivity contribution in [3.05, 3.63) is 0 Å². The maximum absolute atomic E-state index is 11.4. The lowest BCUT2D eigenvalue weighted by molar-refractivity contribution is -0.144. The molecule has 0 amide bonds. The van der Waals surface area contributed by atoms with Crippen molar-refractivity contribution in [2.75, 3.05) is 32.1 Å². The molecule has 7 heteroatoms. The molecule has 1 fully saturated rings. The van der Waals surface area contributed by atoms with Gasteiger partial charge in [0, 0.05) is 6.04 Å². The van der Waals surface area contributed by atoms with Crippen molar-refractivity contribution in [3.63, 3.8) is 0 Å². The smallest absolute Gasteiger partial charge is 0.323 e. The minimum Gasteiger partial charge on any atom is -0.480 e. The summed E-state index contributed by atoms with van der Waals surface area (Å²) in [4.78, 5) is 13.1. The molecule has 19 heavy (non-hydrogen) atoms. The van der Waals surface area contributed by atoms with Crippen LogP contribution in [-0.4, -0.2) is 68.1 Å². The van der Waals surface area contributed by atoms with Crippen LogP contribution in [0.3, 0.4) is 0 Å². The summed E-state index contributed by atoms with van der Waals surface area (Å²) >= 11 is 0. The maximum Gasteiger partial charge on any atom is 0.323 e. The van der Waals surface area contributed by atoms with Crippen LogP contribution in [0.2, 0.25) is 0 Å². The summed E-state index contributed by atoms with van der Waals surface area (Å²) in [5.74, 6) is -0.363. The van der Waals surface area contributed by atoms with Gasteiger partial charge in [-0.2, -0.15) is 0 Å². The predicted molar refractivity (Wildman–Crippen MR) is 74.0 cm³/mol. The van der Waals surface area contributed by atoms with Gasteiger partial charge in [-0.25, -0.2) is 8.42 Å². The van der Waals surface area contributed by atoms with Crippen molar-refractivity contribution < 1.29 is 18.3 Å². The SMILES string of the molecule is CNC(C)(CCCN(C)C1CCS(=O)(=O)C1)C(=O)O. The monoisotopic (exact) mass is 292 g/mol. The number of likely N-dealkylation sites (N-methyl/N-ethyl adjacent to an activating group) is 1. The van der Waals surface area contributed by atoms with Gasteiger partial charge in [-0.05, 0) is 46.8 Å². The average molecular weight is 292 g/mol. The molecule has 0 aromatic rings. The van der Waals surface area contributed by atoms with Crippen LogP contribution in [0.15, 0.2) is 0 Å². The average Bonchev–Trinajstić information content (AvgIpc) is 2.69. The van der Waals surface area contributed by atoms with Gasteiger partial charge >= 0.3 is 5.97 Å². The fraction of sp³-hybridized carbons (Fsp3) is 0.917. The van der Waals surface area contributed by atoms with Gasteiger partial charge in [0.15, 0.2) is 9.84 Å². The highest BCUT2D eigenvalue weighted by atomic mass is 32.2. The number of sulfone groups is 1. The fourth-order valence-electron chi connectivity index (χ4n) is 2.33. The van der Waals surface area contributed by atoms with E-state index in [2.05, 4.69) is 5.32 Å². The molecule has 2 N–H and O–H groups in total. The minimum atomic E-state index is -2.86. The summed E-state index contributed by atoms with van der Waals surface area (Å²) in [7, 11) is 0.686. The Morgan fingerprint density at radius 2 is 2.16 bits per heavy atom. The molecule has 0 aromatic heterocycles. The van der Waals surface area contributed by atoms with Gasteiger partial charge in [-0.15, -0.1) is 0 Å². The van der Waals surface area contributed by atoms with Crippen LogP contribution in [0.4, 0.5) is 0 Å². The number of nitrogens with zero attached hydrogens (tertiary/aromatic N) is 1. The predicted octanol–water partition coefficient (Wildman–Crippen LogP) is -0.0518. The summed E-state index contributed by atoms with van der Waals surface area (Å²) in [6.45, 7) is 2.38. The van der Waals surface area contributed by atoms with Gasteiger partial charge in [0.2, 0.25) is 0 Å². The number of carboxylic acid groups (broad SMARTS) is 1. The molecule has 6 nitrogen and oxygen atoms in total. The van der Waals surface area contributed by atoms with E-state index in [9.17, 15) is 13.2 Å². The molecule has 2 unspecified atom stereocenters. The zero-order valence-corrected chi connectivity index (χ0v) is 12.7. The lowest BCUT2D eigenvalue weighted by atomic mass is 9.96. The summed E-state index contributed by atoms with van der Waals surface area (Å²) in [6.07, 6.45) is 1.92. The maximum atomic E-state index is 11.4.